The first-order chi connectivity index (χ1) is 10.3. The third-order valence-corrected chi connectivity index (χ3v) is 3.27. The highest BCUT2D eigenvalue weighted by Crippen LogP contribution is 2.05. The normalized spacial score (nSPS) is 10.4. The Kier molecular flexibility index (Phi) is 9.16. The Labute approximate surface area is 127 Å². The maximum Gasteiger partial charge on any atom is 0.271 e. The van der Waals surface area contributed by atoms with Crippen LogP contribution in [0.2, 0.25) is 0 Å². The van der Waals surface area contributed by atoms with Gasteiger partial charge in [-0.05, 0) is 25.0 Å². The number of carbonyl (C=O) groups is 1. The van der Waals surface area contributed by atoms with Crippen molar-refractivity contribution in [3.05, 3.63) is 17.8 Å². The lowest BCUT2D eigenvalue weighted by Crippen LogP contribution is -2.25. The van der Waals surface area contributed by atoms with E-state index in [1.165, 1.54) is 32.1 Å². The van der Waals surface area contributed by atoms with Crippen molar-refractivity contribution in [2.75, 3.05) is 18.4 Å². The molecule has 0 fully saturated rings. The number of hydrogen-bond acceptors (Lipinski definition) is 4. The molecule has 0 aromatic carbocycles. The van der Waals surface area contributed by atoms with Crippen LogP contribution in [0.3, 0.4) is 0 Å². The van der Waals surface area contributed by atoms with E-state index in [9.17, 15) is 4.79 Å². The van der Waals surface area contributed by atoms with Crippen LogP contribution in [0.4, 0.5) is 5.82 Å². The van der Waals surface area contributed by atoms with Crippen LogP contribution in [-0.2, 0) is 0 Å². The van der Waals surface area contributed by atoms with E-state index < -0.39 is 0 Å². The maximum absolute atomic E-state index is 11.9. The van der Waals surface area contributed by atoms with Gasteiger partial charge >= 0.3 is 0 Å². The summed E-state index contributed by atoms with van der Waals surface area (Å²) < 4.78 is 0. The molecule has 0 unspecified atom stereocenters. The van der Waals surface area contributed by atoms with Crippen LogP contribution in [0.25, 0.3) is 0 Å². The van der Waals surface area contributed by atoms with E-state index >= 15 is 0 Å². The second-order valence-corrected chi connectivity index (χ2v) is 5.25. The summed E-state index contributed by atoms with van der Waals surface area (Å²) in [6.45, 7) is 5.87. The standard InChI is InChI=1S/C16H28N4O/c1-3-5-6-7-8-9-13-18-16(21)14-10-11-15(20-19-14)17-12-4-2/h10-11H,3-9,12-13H2,1-2H3,(H,17,20)(H,18,21). The molecule has 1 aromatic heterocycles. The van der Waals surface area contributed by atoms with Gasteiger partial charge in [0.2, 0.25) is 0 Å². The van der Waals surface area contributed by atoms with Gasteiger partial charge in [0.1, 0.15) is 5.82 Å². The van der Waals surface area contributed by atoms with Crippen molar-refractivity contribution in [2.45, 2.75) is 58.8 Å². The number of aromatic nitrogens is 2. The molecule has 1 heterocycles. The Balaban J connectivity index is 2.19. The van der Waals surface area contributed by atoms with Gasteiger partial charge in [0, 0.05) is 13.1 Å². The minimum absolute atomic E-state index is 0.141. The summed E-state index contributed by atoms with van der Waals surface area (Å²) >= 11 is 0. The Morgan fingerprint density at radius 2 is 1.71 bits per heavy atom. The highest BCUT2D eigenvalue weighted by atomic mass is 16.1. The lowest BCUT2D eigenvalue weighted by Gasteiger charge is -2.06. The molecule has 2 N–H and O–H groups in total. The van der Waals surface area contributed by atoms with Crippen LogP contribution in [-0.4, -0.2) is 29.2 Å². The van der Waals surface area contributed by atoms with Gasteiger partial charge in [-0.25, -0.2) is 0 Å². The Hall–Kier alpha value is -1.65. The van der Waals surface area contributed by atoms with E-state index in [-0.39, 0.29) is 5.91 Å². The molecule has 118 valence electrons. The summed E-state index contributed by atoms with van der Waals surface area (Å²) in [6.07, 6.45) is 8.34. The predicted molar refractivity (Wildman–Crippen MR) is 86.5 cm³/mol. The molecule has 0 saturated heterocycles. The first-order valence-electron chi connectivity index (χ1n) is 8.13. The van der Waals surface area contributed by atoms with Crippen molar-refractivity contribution < 1.29 is 4.79 Å². The molecule has 1 amide bonds. The van der Waals surface area contributed by atoms with Gasteiger partial charge in [-0.3, -0.25) is 4.79 Å². The van der Waals surface area contributed by atoms with Gasteiger partial charge in [-0.15, -0.1) is 10.2 Å². The van der Waals surface area contributed by atoms with Crippen LogP contribution >= 0.6 is 0 Å². The number of amides is 1. The van der Waals surface area contributed by atoms with Crippen molar-refractivity contribution in [3.8, 4) is 0 Å². The van der Waals surface area contributed by atoms with E-state index in [1.807, 2.05) is 0 Å². The molecule has 0 radical (unpaired) electrons. The van der Waals surface area contributed by atoms with Gasteiger partial charge in [0.05, 0.1) is 0 Å². The second-order valence-electron chi connectivity index (χ2n) is 5.25. The molecule has 0 aliphatic carbocycles. The minimum Gasteiger partial charge on any atom is -0.369 e. The van der Waals surface area contributed by atoms with Gasteiger partial charge < -0.3 is 10.6 Å². The lowest BCUT2D eigenvalue weighted by molar-refractivity contribution is 0.0947. The third-order valence-electron chi connectivity index (χ3n) is 3.27. The molecule has 1 rings (SSSR count). The third kappa shape index (κ3) is 7.63. The van der Waals surface area contributed by atoms with E-state index in [2.05, 4.69) is 34.7 Å². The van der Waals surface area contributed by atoms with Gasteiger partial charge in [-0.1, -0.05) is 46.0 Å². The van der Waals surface area contributed by atoms with E-state index in [4.69, 9.17) is 0 Å². The topological polar surface area (TPSA) is 66.9 Å². The van der Waals surface area contributed by atoms with Crippen molar-refractivity contribution in [2.24, 2.45) is 0 Å². The van der Waals surface area contributed by atoms with Gasteiger partial charge in [-0.2, -0.15) is 0 Å². The zero-order valence-corrected chi connectivity index (χ0v) is 13.3. The number of nitrogens with one attached hydrogen (secondary N) is 2. The van der Waals surface area contributed by atoms with E-state index in [0.29, 0.717) is 18.1 Å². The van der Waals surface area contributed by atoms with Crippen LogP contribution in [0, 0.1) is 0 Å². The quantitative estimate of drug-likeness (QED) is 0.613. The summed E-state index contributed by atoms with van der Waals surface area (Å²) in [5.41, 5.74) is 0.378. The highest BCUT2D eigenvalue weighted by Gasteiger charge is 2.07. The summed E-state index contributed by atoms with van der Waals surface area (Å²) in [5, 5.41) is 14.0. The lowest BCUT2D eigenvalue weighted by atomic mass is 10.1. The average molecular weight is 292 g/mol. The Morgan fingerprint density at radius 3 is 2.38 bits per heavy atom. The molecule has 0 aliphatic heterocycles. The fourth-order valence-corrected chi connectivity index (χ4v) is 2.00. The highest BCUT2D eigenvalue weighted by molar-refractivity contribution is 5.92. The van der Waals surface area contributed by atoms with Crippen molar-refractivity contribution in [3.63, 3.8) is 0 Å². The summed E-state index contributed by atoms with van der Waals surface area (Å²) in [7, 11) is 0. The number of nitrogens with zero attached hydrogens (tertiary/aromatic N) is 2. The molecule has 5 heteroatoms. The van der Waals surface area contributed by atoms with Crippen molar-refractivity contribution >= 4 is 11.7 Å². The molecule has 5 nitrogen and oxygen atoms in total. The molecule has 0 bridgehead atoms. The van der Waals surface area contributed by atoms with Crippen LogP contribution < -0.4 is 10.6 Å². The number of rotatable bonds is 11. The molecule has 21 heavy (non-hydrogen) atoms. The number of hydrogen-bond donors (Lipinski definition) is 2. The largest absolute Gasteiger partial charge is 0.369 e. The molecular formula is C16H28N4O. The molecule has 0 atom stereocenters. The van der Waals surface area contributed by atoms with Crippen molar-refractivity contribution in [1.82, 2.24) is 15.5 Å². The molecule has 0 saturated carbocycles. The molecule has 0 spiro atoms. The smallest absolute Gasteiger partial charge is 0.271 e. The molecule has 1 aromatic rings. The van der Waals surface area contributed by atoms with Crippen LogP contribution in [0.5, 0.6) is 0 Å². The summed E-state index contributed by atoms with van der Waals surface area (Å²) in [5.74, 6) is 0.572. The van der Waals surface area contributed by atoms with Gasteiger partial charge in [0.25, 0.3) is 5.91 Å². The zero-order valence-electron chi connectivity index (χ0n) is 13.3. The first kappa shape index (κ1) is 17.4. The van der Waals surface area contributed by atoms with Crippen LogP contribution in [0.1, 0.15) is 69.3 Å². The maximum atomic E-state index is 11.9. The SMILES string of the molecule is CCCCCCCCNC(=O)c1ccc(NCCC)nn1. The summed E-state index contributed by atoms with van der Waals surface area (Å²) in [4.78, 5) is 11.9. The predicted octanol–water partition coefficient (Wildman–Crippen LogP) is 3.39. The molecule has 0 aliphatic rings. The van der Waals surface area contributed by atoms with E-state index in [1.54, 1.807) is 12.1 Å². The summed E-state index contributed by atoms with van der Waals surface area (Å²) in [6, 6.07) is 3.50. The van der Waals surface area contributed by atoms with Gasteiger partial charge in [0.15, 0.2) is 5.69 Å². The zero-order chi connectivity index (χ0) is 15.3. The number of anilines is 1. The Morgan fingerprint density at radius 1 is 0.952 bits per heavy atom. The van der Waals surface area contributed by atoms with Crippen LogP contribution in [0.15, 0.2) is 12.1 Å². The number of unbranched alkanes of at least 4 members (excludes halogenated alkanes) is 5. The average Bonchev–Trinajstić information content (AvgIpc) is 2.52. The van der Waals surface area contributed by atoms with E-state index in [0.717, 1.165) is 19.4 Å². The number of carbonyl (C=O) groups excluding carboxylic acids is 1. The monoisotopic (exact) mass is 292 g/mol. The first-order valence-corrected chi connectivity index (χ1v) is 8.13. The van der Waals surface area contributed by atoms with Crippen molar-refractivity contribution in [1.29, 1.82) is 0 Å². The molecular weight excluding hydrogens is 264 g/mol. The fraction of sp³-hybridized carbons (Fsp3) is 0.688. The minimum atomic E-state index is -0.141. The second kappa shape index (κ2) is 11.1. The Bertz CT molecular complexity index is 392. The fourth-order valence-electron chi connectivity index (χ4n) is 2.00.